The highest BCUT2D eigenvalue weighted by molar-refractivity contribution is 5.32. The van der Waals surface area contributed by atoms with Gasteiger partial charge in [0.1, 0.15) is 18.5 Å². The molecule has 1 heterocycles. The Bertz CT molecular complexity index is 435. The summed E-state index contributed by atoms with van der Waals surface area (Å²) < 4.78 is 11.4. The van der Waals surface area contributed by atoms with Gasteiger partial charge >= 0.3 is 0 Å². The van der Waals surface area contributed by atoms with Gasteiger partial charge < -0.3 is 19.5 Å². The van der Waals surface area contributed by atoms with Crippen molar-refractivity contribution in [3.8, 4) is 5.75 Å². The minimum atomic E-state index is -0.454. The Labute approximate surface area is 134 Å². The molecule has 0 radical (unpaired) electrons. The van der Waals surface area contributed by atoms with Crippen molar-refractivity contribution >= 4 is 0 Å². The average Bonchev–Trinajstić information content (AvgIpc) is 2.47. The van der Waals surface area contributed by atoms with Gasteiger partial charge in [0, 0.05) is 26.2 Å². The number of hydrogen-bond acceptors (Lipinski definition) is 4. The van der Waals surface area contributed by atoms with E-state index in [1.54, 1.807) is 0 Å². The van der Waals surface area contributed by atoms with Crippen molar-refractivity contribution in [1.29, 1.82) is 0 Å². The van der Waals surface area contributed by atoms with Gasteiger partial charge in [0.15, 0.2) is 0 Å². The zero-order valence-electron chi connectivity index (χ0n) is 14.0. The quantitative estimate of drug-likeness (QED) is 0.840. The van der Waals surface area contributed by atoms with Crippen molar-refractivity contribution in [1.82, 2.24) is 4.90 Å². The van der Waals surface area contributed by atoms with E-state index in [1.807, 2.05) is 19.1 Å². The predicted molar refractivity (Wildman–Crippen MR) is 88.5 cm³/mol. The molecule has 1 unspecified atom stereocenters. The van der Waals surface area contributed by atoms with Crippen LogP contribution in [0.2, 0.25) is 0 Å². The summed E-state index contributed by atoms with van der Waals surface area (Å²) in [5.74, 6) is 0.839. The van der Waals surface area contributed by atoms with Crippen LogP contribution in [0, 0.1) is 13.8 Å². The van der Waals surface area contributed by atoms with E-state index in [-0.39, 0.29) is 0 Å². The Hall–Kier alpha value is -1.10. The summed E-state index contributed by atoms with van der Waals surface area (Å²) >= 11 is 0. The number of rotatable bonds is 7. The van der Waals surface area contributed by atoms with Gasteiger partial charge in [0.25, 0.3) is 0 Å². The topological polar surface area (TPSA) is 41.9 Å². The molecule has 4 nitrogen and oxygen atoms in total. The van der Waals surface area contributed by atoms with Crippen molar-refractivity contribution in [2.45, 2.75) is 45.8 Å². The molecule has 1 aromatic rings. The minimum Gasteiger partial charge on any atom is -0.491 e. The lowest BCUT2D eigenvalue weighted by atomic mass is 10.1. The number of aliphatic hydroxyl groups excluding tert-OH is 1. The van der Waals surface area contributed by atoms with Crippen LogP contribution < -0.4 is 4.74 Å². The summed E-state index contributed by atoms with van der Waals surface area (Å²) in [6.07, 6.45) is 2.05. The molecule has 4 heteroatoms. The van der Waals surface area contributed by atoms with Gasteiger partial charge in [-0.15, -0.1) is 0 Å². The molecule has 1 aliphatic heterocycles. The molecule has 22 heavy (non-hydrogen) atoms. The summed E-state index contributed by atoms with van der Waals surface area (Å²) in [7, 11) is 0. The fraction of sp³-hybridized carbons (Fsp3) is 0.667. The van der Waals surface area contributed by atoms with Crippen molar-refractivity contribution in [3.05, 3.63) is 29.3 Å². The highest BCUT2D eigenvalue weighted by Gasteiger charge is 2.21. The van der Waals surface area contributed by atoms with E-state index < -0.39 is 6.10 Å². The van der Waals surface area contributed by atoms with E-state index in [4.69, 9.17) is 9.47 Å². The Morgan fingerprint density at radius 1 is 1.18 bits per heavy atom. The SMILES string of the molecule is CCOC1CCN(CC(O)COc2cc(C)cc(C)c2)CC1. The van der Waals surface area contributed by atoms with E-state index in [0.29, 0.717) is 19.3 Å². The molecule has 0 saturated carbocycles. The van der Waals surface area contributed by atoms with Crippen LogP contribution >= 0.6 is 0 Å². The lowest BCUT2D eigenvalue weighted by molar-refractivity contribution is -0.00185. The molecule has 1 N–H and O–H groups in total. The van der Waals surface area contributed by atoms with Gasteiger partial charge in [-0.05, 0) is 56.9 Å². The van der Waals surface area contributed by atoms with Crippen molar-refractivity contribution in [2.75, 3.05) is 32.8 Å². The first-order valence-corrected chi connectivity index (χ1v) is 8.30. The maximum Gasteiger partial charge on any atom is 0.119 e. The van der Waals surface area contributed by atoms with Crippen molar-refractivity contribution < 1.29 is 14.6 Å². The van der Waals surface area contributed by atoms with Crippen LogP contribution in [0.25, 0.3) is 0 Å². The molecule has 1 aliphatic rings. The summed E-state index contributed by atoms with van der Waals surface area (Å²) in [6.45, 7) is 9.93. The van der Waals surface area contributed by atoms with Gasteiger partial charge in [-0.2, -0.15) is 0 Å². The first-order chi connectivity index (χ1) is 10.6. The highest BCUT2D eigenvalue weighted by atomic mass is 16.5. The van der Waals surface area contributed by atoms with E-state index in [1.165, 1.54) is 11.1 Å². The fourth-order valence-corrected chi connectivity index (χ4v) is 3.05. The van der Waals surface area contributed by atoms with Gasteiger partial charge in [-0.1, -0.05) is 6.07 Å². The van der Waals surface area contributed by atoms with Crippen LogP contribution in [-0.2, 0) is 4.74 Å². The smallest absolute Gasteiger partial charge is 0.119 e. The molecule has 1 atom stereocenters. The number of aliphatic hydroxyl groups is 1. The van der Waals surface area contributed by atoms with E-state index in [0.717, 1.165) is 38.3 Å². The lowest BCUT2D eigenvalue weighted by Gasteiger charge is -2.32. The van der Waals surface area contributed by atoms with Gasteiger partial charge in [-0.25, -0.2) is 0 Å². The van der Waals surface area contributed by atoms with E-state index in [9.17, 15) is 5.11 Å². The second kappa shape index (κ2) is 8.51. The summed E-state index contributed by atoms with van der Waals surface area (Å²) in [5.41, 5.74) is 2.37. The second-order valence-corrected chi connectivity index (χ2v) is 6.24. The van der Waals surface area contributed by atoms with Crippen molar-refractivity contribution in [2.24, 2.45) is 0 Å². The molecule has 124 valence electrons. The minimum absolute atomic E-state index is 0.342. The van der Waals surface area contributed by atoms with Crippen LogP contribution in [0.15, 0.2) is 18.2 Å². The number of aryl methyl sites for hydroxylation is 2. The molecule has 0 bridgehead atoms. The number of benzene rings is 1. The Morgan fingerprint density at radius 3 is 2.41 bits per heavy atom. The molecule has 0 spiro atoms. The van der Waals surface area contributed by atoms with Crippen LogP contribution in [-0.4, -0.2) is 55.1 Å². The zero-order valence-corrected chi connectivity index (χ0v) is 14.0. The average molecular weight is 307 g/mol. The number of nitrogens with zero attached hydrogens (tertiary/aromatic N) is 1. The number of hydrogen-bond donors (Lipinski definition) is 1. The first kappa shape index (κ1) is 17.3. The normalized spacial score (nSPS) is 18.4. The molecule has 0 aromatic heterocycles. The third-order valence-electron chi connectivity index (χ3n) is 4.04. The van der Waals surface area contributed by atoms with Crippen LogP contribution in [0.4, 0.5) is 0 Å². The maximum atomic E-state index is 10.2. The predicted octanol–water partition coefficient (Wildman–Crippen LogP) is 2.54. The zero-order chi connectivity index (χ0) is 15.9. The van der Waals surface area contributed by atoms with E-state index >= 15 is 0 Å². The number of ether oxygens (including phenoxy) is 2. The number of piperidine rings is 1. The van der Waals surface area contributed by atoms with Crippen molar-refractivity contribution in [3.63, 3.8) is 0 Å². The molecule has 2 rings (SSSR count). The summed E-state index contributed by atoms with van der Waals surface area (Å²) in [5, 5.41) is 10.2. The number of likely N-dealkylation sites (tertiary alicyclic amines) is 1. The Morgan fingerprint density at radius 2 is 1.82 bits per heavy atom. The van der Waals surface area contributed by atoms with Crippen LogP contribution in [0.1, 0.15) is 30.9 Å². The third-order valence-corrected chi connectivity index (χ3v) is 4.04. The first-order valence-electron chi connectivity index (χ1n) is 8.30. The standard InChI is InChI=1S/C18H29NO3/c1-4-21-17-5-7-19(8-6-17)12-16(20)13-22-18-10-14(2)9-15(3)11-18/h9-11,16-17,20H,4-8,12-13H2,1-3H3. The van der Waals surface area contributed by atoms with Crippen LogP contribution in [0.5, 0.6) is 5.75 Å². The number of β-amino-alcohol motifs (C(OH)–C–C–N with tert-alkyl or cyclic N) is 1. The second-order valence-electron chi connectivity index (χ2n) is 6.24. The Kier molecular flexibility index (Phi) is 6.68. The molecule has 0 aliphatic carbocycles. The summed E-state index contributed by atoms with van der Waals surface area (Å²) in [6, 6.07) is 6.13. The van der Waals surface area contributed by atoms with E-state index in [2.05, 4.69) is 24.8 Å². The molecule has 1 fully saturated rings. The monoisotopic (exact) mass is 307 g/mol. The molecule has 1 aromatic carbocycles. The summed E-state index contributed by atoms with van der Waals surface area (Å²) in [4.78, 5) is 2.30. The van der Waals surface area contributed by atoms with Gasteiger partial charge in [0.2, 0.25) is 0 Å². The fourth-order valence-electron chi connectivity index (χ4n) is 3.05. The molecule has 1 saturated heterocycles. The molecular formula is C18H29NO3. The Balaban J connectivity index is 1.71. The van der Waals surface area contributed by atoms with Crippen LogP contribution in [0.3, 0.4) is 0 Å². The highest BCUT2D eigenvalue weighted by Crippen LogP contribution is 2.17. The van der Waals surface area contributed by atoms with Gasteiger partial charge in [-0.3, -0.25) is 0 Å². The third kappa shape index (κ3) is 5.59. The molecular weight excluding hydrogens is 278 g/mol. The maximum absolute atomic E-state index is 10.2. The molecule has 0 amide bonds. The lowest BCUT2D eigenvalue weighted by Crippen LogP contribution is -2.42. The largest absolute Gasteiger partial charge is 0.491 e. The van der Waals surface area contributed by atoms with Gasteiger partial charge in [0.05, 0.1) is 6.10 Å².